The summed E-state index contributed by atoms with van der Waals surface area (Å²) in [6.45, 7) is 2.19. The van der Waals surface area contributed by atoms with Gasteiger partial charge in [-0.2, -0.15) is 0 Å². The van der Waals surface area contributed by atoms with E-state index in [0.717, 1.165) is 18.8 Å². The summed E-state index contributed by atoms with van der Waals surface area (Å²) < 4.78 is 5.39. The number of benzene rings is 1. The fourth-order valence-corrected chi connectivity index (χ4v) is 2.60. The molecule has 1 saturated heterocycles. The van der Waals surface area contributed by atoms with Crippen molar-refractivity contribution in [3.8, 4) is 5.75 Å². The van der Waals surface area contributed by atoms with Gasteiger partial charge in [-0.05, 0) is 18.7 Å². The molecule has 0 radical (unpaired) electrons. The Morgan fingerprint density at radius 2 is 2.12 bits per heavy atom. The van der Waals surface area contributed by atoms with Gasteiger partial charge in [-0.15, -0.1) is 0 Å². The van der Waals surface area contributed by atoms with E-state index in [9.17, 15) is 5.11 Å². The number of ether oxygens (including phenoxy) is 1. The number of hydrogen-bond donors (Lipinski definition) is 1. The van der Waals surface area contributed by atoms with Crippen LogP contribution in [-0.4, -0.2) is 43.9 Å². The predicted octanol–water partition coefficient (Wildman–Crippen LogP) is 1.33. The molecule has 2 atom stereocenters. The van der Waals surface area contributed by atoms with E-state index < -0.39 is 0 Å². The topological polar surface area (TPSA) is 32.7 Å². The first kappa shape index (κ1) is 11.4. The molecule has 1 heterocycles. The maximum absolute atomic E-state index is 9.41. The average molecular weight is 221 g/mol. The zero-order valence-electron chi connectivity index (χ0n) is 9.89. The van der Waals surface area contributed by atoms with Crippen molar-refractivity contribution in [2.24, 2.45) is 5.92 Å². The first-order valence-electron chi connectivity index (χ1n) is 5.68. The van der Waals surface area contributed by atoms with Gasteiger partial charge in [0.05, 0.1) is 7.11 Å². The summed E-state index contributed by atoms with van der Waals surface area (Å²) in [5.74, 6) is 1.63. The summed E-state index contributed by atoms with van der Waals surface area (Å²) in [6.07, 6.45) is 0. The van der Waals surface area contributed by atoms with E-state index in [1.807, 2.05) is 18.2 Å². The largest absolute Gasteiger partial charge is 0.496 e. The van der Waals surface area contributed by atoms with Gasteiger partial charge in [0.25, 0.3) is 0 Å². The minimum atomic E-state index is 0.243. The van der Waals surface area contributed by atoms with Crippen LogP contribution in [0.15, 0.2) is 24.3 Å². The van der Waals surface area contributed by atoms with Gasteiger partial charge in [-0.25, -0.2) is 0 Å². The van der Waals surface area contributed by atoms with E-state index in [-0.39, 0.29) is 6.61 Å². The maximum Gasteiger partial charge on any atom is 0.122 e. The lowest BCUT2D eigenvalue weighted by Gasteiger charge is -2.19. The van der Waals surface area contributed by atoms with Gasteiger partial charge in [-0.3, -0.25) is 0 Å². The molecule has 1 aromatic rings. The second-order valence-electron chi connectivity index (χ2n) is 4.51. The second-order valence-corrected chi connectivity index (χ2v) is 4.51. The van der Waals surface area contributed by atoms with Crippen LogP contribution in [0.1, 0.15) is 11.5 Å². The van der Waals surface area contributed by atoms with Crippen LogP contribution in [0.3, 0.4) is 0 Å². The third-order valence-corrected chi connectivity index (χ3v) is 3.40. The standard InChI is InChI=1S/C13H19NO2/c1-14-7-10(9-15)12(8-14)11-5-3-4-6-13(11)16-2/h3-6,10,12,15H,7-9H2,1-2H3. The molecule has 0 saturated carbocycles. The van der Waals surface area contributed by atoms with E-state index in [1.54, 1.807) is 7.11 Å². The molecule has 1 aromatic carbocycles. The van der Waals surface area contributed by atoms with Gasteiger partial charge < -0.3 is 14.7 Å². The molecule has 0 amide bonds. The fraction of sp³-hybridized carbons (Fsp3) is 0.538. The number of likely N-dealkylation sites (N-methyl/N-ethyl adjacent to an activating group) is 1. The number of methoxy groups -OCH3 is 1. The minimum Gasteiger partial charge on any atom is -0.496 e. The highest BCUT2D eigenvalue weighted by atomic mass is 16.5. The number of likely N-dealkylation sites (tertiary alicyclic amines) is 1. The van der Waals surface area contributed by atoms with E-state index in [0.29, 0.717) is 11.8 Å². The van der Waals surface area contributed by atoms with Crippen molar-refractivity contribution < 1.29 is 9.84 Å². The van der Waals surface area contributed by atoms with Gasteiger partial charge in [0.1, 0.15) is 5.75 Å². The highest BCUT2D eigenvalue weighted by molar-refractivity contribution is 5.37. The van der Waals surface area contributed by atoms with Crippen molar-refractivity contribution in [2.45, 2.75) is 5.92 Å². The molecule has 1 fully saturated rings. The number of nitrogens with zero attached hydrogens (tertiary/aromatic N) is 1. The molecule has 0 aliphatic carbocycles. The summed E-state index contributed by atoms with van der Waals surface area (Å²) in [7, 11) is 3.80. The summed E-state index contributed by atoms with van der Waals surface area (Å²) in [4.78, 5) is 2.26. The third-order valence-electron chi connectivity index (χ3n) is 3.40. The van der Waals surface area contributed by atoms with E-state index in [4.69, 9.17) is 4.74 Å². The zero-order chi connectivity index (χ0) is 11.5. The van der Waals surface area contributed by atoms with E-state index >= 15 is 0 Å². The Labute approximate surface area is 96.6 Å². The lowest BCUT2D eigenvalue weighted by atomic mass is 9.89. The Kier molecular flexibility index (Phi) is 3.46. The summed E-state index contributed by atoms with van der Waals surface area (Å²) >= 11 is 0. The zero-order valence-corrected chi connectivity index (χ0v) is 9.89. The van der Waals surface area contributed by atoms with Crippen LogP contribution in [0, 0.1) is 5.92 Å². The quantitative estimate of drug-likeness (QED) is 0.836. The summed E-state index contributed by atoms with van der Waals surface area (Å²) in [6, 6.07) is 8.10. The Balaban J connectivity index is 2.28. The summed E-state index contributed by atoms with van der Waals surface area (Å²) in [5, 5.41) is 9.41. The van der Waals surface area contributed by atoms with Crippen molar-refractivity contribution in [1.29, 1.82) is 0 Å². The van der Waals surface area contributed by atoms with Gasteiger partial charge in [0.2, 0.25) is 0 Å². The predicted molar refractivity (Wildman–Crippen MR) is 63.8 cm³/mol. The summed E-state index contributed by atoms with van der Waals surface area (Å²) in [5.41, 5.74) is 1.22. The molecule has 3 nitrogen and oxygen atoms in total. The molecule has 16 heavy (non-hydrogen) atoms. The van der Waals surface area contributed by atoms with Crippen LogP contribution >= 0.6 is 0 Å². The van der Waals surface area contributed by atoms with Crippen molar-refractivity contribution >= 4 is 0 Å². The number of rotatable bonds is 3. The van der Waals surface area contributed by atoms with Crippen LogP contribution in [0.5, 0.6) is 5.75 Å². The fourth-order valence-electron chi connectivity index (χ4n) is 2.60. The van der Waals surface area contributed by atoms with E-state index in [1.165, 1.54) is 5.56 Å². The molecule has 88 valence electrons. The molecule has 1 aliphatic heterocycles. The average Bonchev–Trinajstić information content (AvgIpc) is 2.70. The molecular formula is C13H19NO2. The second kappa shape index (κ2) is 4.85. The number of hydrogen-bond acceptors (Lipinski definition) is 3. The highest BCUT2D eigenvalue weighted by Crippen LogP contribution is 2.36. The van der Waals surface area contributed by atoms with Crippen LogP contribution in [-0.2, 0) is 0 Å². The molecule has 0 bridgehead atoms. The maximum atomic E-state index is 9.41. The number of aliphatic hydroxyl groups is 1. The molecular weight excluding hydrogens is 202 g/mol. The number of aliphatic hydroxyl groups excluding tert-OH is 1. The Hall–Kier alpha value is -1.06. The van der Waals surface area contributed by atoms with Gasteiger partial charge in [0.15, 0.2) is 0 Å². The van der Waals surface area contributed by atoms with Crippen molar-refractivity contribution in [3.63, 3.8) is 0 Å². The Morgan fingerprint density at radius 3 is 2.81 bits per heavy atom. The first-order valence-corrected chi connectivity index (χ1v) is 5.68. The molecule has 1 N–H and O–H groups in total. The van der Waals surface area contributed by atoms with Gasteiger partial charge in [0, 0.05) is 31.5 Å². The Bertz CT molecular complexity index is 354. The molecule has 0 aromatic heterocycles. The van der Waals surface area contributed by atoms with Crippen LogP contribution in [0.4, 0.5) is 0 Å². The molecule has 0 spiro atoms. The lowest BCUT2D eigenvalue weighted by molar-refractivity contribution is 0.218. The van der Waals surface area contributed by atoms with Crippen LogP contribution in [0.25, 0.3) is 0 Å². The van der Waals surface area contributed by atoms with Crippen molar-refractivity contribution in [1.82, 2.24) is 4.90 Å². The molecule has 2 unspecified atom stereocenters. The lowest BCUT2D eigenvalue weighted by Crippen LogP contribution is -2.16. The van der Waals surface area contributed by atoms with Gasteiger partial charge in [-0.1, -0.05) is 18.2 Å². The monoisotopic (exact) mass is 221 g/mol. The van der Waals surface area contributed by atoms with Crippen LogP contribution < -0.4 is 4.74 Å². The minimum absolute atomic E-state index is 0.243. The van der Waals surface area contributed by atoms with Crippen molar-refractivity contribution in [2.75, 3.05) is 33.9 Å². The highest BCUT2D eigenvalue weighted by Gasteiger charge is 2.32. The SMILES string of the molecule is COc1ccccc1C1CN(C)CC1CO. The smallest absolute Gasteiger partial charge is 0.122 e. The molecule has 2 rings (SSSR count). The van der Waals surface area contributed by atoms with Gasteiger partial charge >= 0.3 is 0 Å². The normalized spacial score (nSPS) is 25.9. The van der Waals surface area contributed by atoms with Crippen molar-refractivity contribution in [3.05, 3.63) is 29.8 Å². The molecule has 1 aliphatic rings. The van der Waals surface area contributed by atoms with E-state index in [2.05, 4.69) is 18.0 Å². The first-order chi connectivity index (χ1) is 7.76. The Morgan fingerprint density at radius 1 is 1.38 bits per heavy atom. The number of para-hydroxylation sites is 1. The third kappa shape index (κ3) is 2.06. The molecule has 3 heteroatoms. The van der Waals surface area contributed by atoms with Crippen LogP contribution in [0.2, 0.25) is 0 Å².